The van der Waals surface area contributed by atoms with Crippen molar-refractivity contribution in [2.75, 3.05) is 6.54 Å². The van der Waals surface area contributed by atoms with Gasteiger partial charge in [-0.25, -0.2) is 4.98 Å². The topological polar surface area (TPSA) is 38.1 Å². The molecule has 1 saturated carbocycles. The number of hydrogen-bond acceptors (Lipinski definition) is 3. The highest BCUT2D eigenvalue weighted by molar-refractivity contribution is 5.05. The predicted molar refractivity (Wildman–Crippen MR) is 55.0 cm³/mol. The Hall–Kier alpha value is -0.830. The Balaban J connectivity index is 1.74. The molecule has 0 spiro atoms. The van der Waals surface area contributed by atoms with Crippen LogP contribution in [0.4, 0.5) is 0 Å². The van der Waals surface area contributed by atoms with Crippen LogP contribution in [0.1, 0.15) is 36.6 Å². The largest absolute Gasteiger partial charge is 0.444 e. The zero-order valence-electron chi connectivity index (χ0n) is 8.97. The third-order valence-corrected chi connectivity index (χ3v) is 3.01. The van der Waals surface area contributed by atoms with Gasteiger partial charge in [-0.05, 0) is 39.2 Å². The summed E-state index contributed by atoms with van der Waals surface area (Å²) in [5, 5.41) is 3.39. The lowest BCUT2D eigenvalue weighted by atomic mass is 9.85. The molecule has 14 heavy (non-hydrogen) atoms. The highest BCUT2D eigenvalue weighted by Gasteiger charge is 2.16. The molecule has 1 aliphatic rings. The van der Waals surface area contributed by atoms with E-state index in [1.165, 1.54) is 19.3 Å². The Kier molecular flexibility index (Phi) is 2.87. The molecule has 78 valence electrons. The smallest absolute Gasteiger partial charge is 0.208 e. The van der Waals surface area contributed by atoms with Gasteiger partial charge in [-0.1, -0.05) is 6.42 Å². The molecule has 3 nitrogen and oxygen atoms in total. The first-order valence-corrected chi connectivity index (χ1v) is 5.39. The quantitative estimate of drug-likeness (QED) is 0.798. The molecule has 2 rings (SSSR count). The molecule has 0 aromatic carbocycles. The Morgan fingerprint density at radius 3 is 2.71 bits per heavy atom. The predicted octanol–water partition coefficient (Wildman–Crippen LogP) is 2.18. The monoisotopic (exact) mass is 194 g/mol. The molecule has 1 aromatic rings. The Labute approximate surface area is 84.9 Å². The molecule has 0 aliphatic heterocycles. The Bertz CT molecular complexity index is 283. The molecule has 0 unspecified atom stereocenters. The van der Waals surface area contributed by atoms with Gasteiger partial charge in [-0.15, -0.1) is 0 Å². The lowest BCUT2D eigenvalue weighted by molar-refractivity contribution is 0.296. The van der Waals surface area contributed by atoms with E-state index in [1.54, 1.807) is 0 Å². The fourth-order valence-corrected chi connectivity index (χ4v) is 1.69. The van der Waals surface area contributed by atoms with Crippen LogP contribution in [-0.4, -0.2) is 11.5 Å². The SMILES string of the molecule is Cc1nc(CNCC2CCC2)oc1C. The summed E-state index contributed by atoms with van der Waals surface area (Å²) in [5.41, 5.74) is 1.01. The zero-order valence-corrected chi connectivity index (χ0v) is 8.97. The van der Waals surface area contributed by atoms with Gasteiger partial charge in [-0.3, -0.25) is 0 Å². The zero-order chi connectivity index (χ0) is 9.97. The van der Waals surface area contributed by atoms with Crippen molar-refractivity contribution in [3.8, 4) is 0 Å². The van der Waals surface area contributed by atoms with E-state index >= 15 is 0 Å². The van der Waals surface area contributed by atoms with Gasteiger partial charge in [0.25, 0.3) is 0 Å². The molecule has 1 fully saturated rings. The summed E-state index contributed by atoms with van der Waals surface area (Å²) in [7, 11) is 0. The number of rotatable bonds is 4. The first kappa shape index (κ1) is 9.71. The van der Waals surface area contributed by atoms with E-state index in [2.05, 4.69) is 10.3 Å². The van der Waals surface area contributed by atoms with Crippen molar-refractivity contribution in [3.63, 3.8) is 0 Å². The van der Waals surface area contributed by atoms with Crippen LogP contribution in [0.5, 0.6) is 0 Å². The molecule has 0 radical (unpaired) electrons. The number of nitrogens with one attached hydrogen (secondary N) is 1. The van der Waals surface area contributed by atoms with E-state index in [-0.39, 0.29) is 0 Å². The minimum absolute atomic E-state index is 0.769. The van der Waals surface area contributed by atoms with Crippen molar-refractivity contribution in [2.45, 2.75) is 39.7 Å². The van der Waals surface area contributed by atoms with Crippen LogP contribution < -0.4 is 5.32 Å². The van der Waals surface area contributed by atoms with E-state index in [4.69, 9.17) is 4.42 Å². The van der Waals surface area contributed by atoms with E-state index in [0.717, 1.165) is 36.4 Å². The van der Waals surface area contributed by atoms with Crippen LogP contribution in [0.2, 0.25) is 0 Å². The van der Waals surface area contributed by atoms with E-state index in [9.17, 15) is 0 Å². The summed E-state index contributed by atoms with van der Waals surface area (Å²) in [4.78, 5) is 4.32. The van der Waals surface area contributed by atoms with Gasteiger partial charge in [0.05, 0.1) is 12.2 Å². The van der Waals surface area contributed by atoms with Crippen molar-refractivity contribution < 1.29 is 4.42 Å². The highest BCUT2D eigenvalue weighted by Crippen LogP contribution is 2.25. The molecule has 0 atom stereocenters. The van der Waals surface area contributed by atoms with Crippen LogP contribution in [-0.2, 0) is 6.54 Å². The molecule has 0 bridgehead atoms. The van der Waals surface area contributed by atoms with Crippen LogP contribution in [0, 0.1) is 19.8 Å². The molecule has 3 heteroatoms. The number of hydrogen-bond donors (Lipinski definition) is 1. The standard InChI is InChI=1S/C11H18N2O/c1-8-9(2)14-11(13-8)7-12-6-10-4-3-5-10/h10,12H,3-7H2,1-2H3. The fourth-order valence-electron chi connectivity index (χ4n) is 1.69. The molecular weight excluding hydrogens is 176 g/mol. The number of nitrogens with zero attached hydrogens (tertiary/aromatic N) is 1. The summed E-state index contributed by atoms with van der Waals surface area (Å²) in [5.74, 6) is 2.65. The second kappa shape index (κ2) is 4.13. The second-order valence-corrected chi connectivity index (χ2v) is 4.18. The third-order valence-electron chi connectivity index (χ3n) is 3.01. The van der Waals surface area contributed by atoms with Gasteiger partial charge in [0.1, 0.15) is 5.76 Å². The van der Waals surface area contributed by atoms with E-state index in [1.807, 2.05) is 13.8 Å². The molecule has 1 heterocycles. The van der Waals surface area contributed by atoms with Crippen LogP contribution in [0.15, 0.2) is 4.42 Å². The minimum Gasteiger partial charge on any atom is -0.444 e. The summed E-state index contributed by atoms with van der Waals surface area (Å²) >= 11 is 0. The summed E-state index contributed by atoms with van der Waals surface area (Å²) < 4.78 is 5.47. The summed E-state index contributed by atoms with van der Waals surface area (Å²) in [6.45, 7) is 5.82. The van der Waals surface area contributed by atoms with Gasteiger partial charge in [-0.2, -0.15) is 0 Å². The molecular formula is C11H18N2O. The van der Waals surface area contributed by atoms with Crippen molar-refractivity contribution in [2.24, 2.45) is 5.92 Å². The van der Waals surface area contributed by atoms with Crippen molar-refractivity contribution in [1.29, 1.82) is 0 Å². The molecule has 1 aliphatic carbocycles. The van der Waals surface area contributed by atoms with Gasteiger partial charge in [0, 0.05) is 0 Å². The van der Waals surface area contributed by atoms with Crippen molar-refractivity contribution >= 4 is 0 Å². The maximum Gasteiger partial charge on any atom is 0.208 e. The van der Waals surface area contributed by atoms with Crippen molar-refractivity contribution in [3.05, 3.63) is 17.3 Å². The van der Waals surface area contributed by atoms with Crippen LogP contribution in [0.3, 0.4) is 0 Å². The van der Waals surface area contributed by atoms with Crippen LogP contribution in [0.25, 0.3) is 0 Å². The van der Waals surface area contributed by atoms with E-state index < -0.39 is 0 Å². The molecule has 0 amide bonds. The first-order valence-electron chi connectivity index (χ1n) is 5.39. The van der Waals surface area contributed by atoms with Crippen molar-refractivity contribution in [1.82, 2.24) is 10.3 Å². The average molecular weight is 194 g/mol. The minimum atomic E-state index is 0.769. The lowest BCUT2D eigenvalue weighted by Gasteiger charge is -2.25. The van der Waals surface area contributed by atoms with Gasteiger partial charge in [0.2, 0.25) is 5.89 Å². The first-order chi connectivity index (χ1) is 6.75. The summed E-state index contributed by atoms with van der Waals surface area (Å²) in [6.07, 6.45) is 4.18. The van der Waals surface area contributed by atoms with Gasteiger partial charge >= 0.3 is 0 Å². The maximum atomic E-state index is 5.47. The molecule has 1 aromatic heterocycles. The van der Waals surface area contributed by atoms with E-state index in [0.29, 0.717) is 0 Å². The normalized spacial score (nSPS) is 17.0. The number of aromatic nitrogens is 1. The van der Waals surface area contributed by atoms with Gasteiger partial charge in [0.15, 0.2) is 0 Å². The Morgan fingerprint density at radius 2 is 2.21 bits per heavy atom. The maximum absolute atomic E-state index is 5.47. The molecule has 0 saturated heterocycles. The lowest BCUT2D eigenvalue weighted by Crippen LogP contribution is -2.26. The second-order valence-electron chi connectivity index (χ2n) is 4.18. The molecule has 1 N–H and O–H groups in total. The third kappa shape index (κ3) is 2.15. The average Bonchev–Trinajstić information content (AvgIpc) is 2.37. The van der Waals surface area contributed by atoms with Gasteiger partial charge < -0.3 is 9.73 Å². The highest BCUT2D eigenvalue weighted by atomic mass is 16.4. The van der Waals surface area contributed by atoms with Crippen LogP contribution >= 0.6 is 0 Å². The number of aryl methyl sites for hydroxylation is 2. The number of oxazole rings is 1. The fraction of sp³-hybridized carbons (Fsp3) is 0.727. The summed E-state index contributed by atoms with van der Waals surface area (Å²) in [6, 6.07) is 0. The Morgan fingerprint density at radius 1 is 1.43 bits per heavy atom.